The second-order valence-corrected chi connectivity index (χ2v) is 6.50. The molecule has 0 radical (unpaired) electrons. The van der Waals surface area contributed by atoms with Crippen molar-refractivity contribution in [2.24, 2.45) is 0 Å². The molecule has 0 aliphatic rings. The summed E-state index contributed by atoms with van der Waals surface area (Å²) in [6, 6.07) is 14.8. The molecule has 3 N–H and O–H groups in total. The van der Waals surface area contributed by atoms with Crippen LogP contribution in [0, 0.1) is 6.92 Å². The van der Waals surface area contributed by atoms with Crippen molar-refractivity contribution >= 4 is 5.69 Å². The first-order chi connectivity index (χ1) is 11.4. The molecule has 0 aliphatic heterocycles. The Hall–Kier alpha value is -2.48. The normalized spacial score (nSPS) is 11.8. The second kappa shape index (κ2) is 7.87. The summed E-state index contributed by atoms with van der Waals surface area (Å²) in [5.74, 6) is 0. The third-order valence-corrected chi connectivity index (χ3v) is 4.45. The maximum atomic E-state index is 6.19. The Morgan fingerprint density at radius 1 is 1.08 bits per heavy atom. The molecule has 2 nitrogen and oxygen atoms in total. The fraction of sp³-hybridized carbons (Fsp3) is 0.273. The summed E-state index contributed by atoms with van der Waals surface area (Å²) < 4.78 is 0. The molecule has 24 heavy (non-hydrogen) atoms. The first-order valence-electron chi connectivity index (χ1n) is 8.41. The van der Waals surface area contributed by atoms with Crippen molar-refractivity contribution in [2.45, 2.75) is 34.1 Å². The van der Waals surface area contributed by atoms with Gasteiger partial charge in [0.2, 0.25) is 0 Å². The lowest BCUT2D eigenvalue weighted by Gasteiger charge is -2.13. The van der Waals surface area contributed by atoms with Gasteiger partial charge in [0, 0.05) is 23.5 Å². The fourth-order valence-corrected chi connectivity index (χ4v) is 2.67. The van der Waals surface area contributed by atoms with E-state index in [-0.39, 0.29) is 0 Å². The van der Waals surface area contributed by atoms with Crippen LogP contribution in [-0.4, -0.2) is 6.54 Å². The highest BCUT2D eigenvalue weighted by atomic mass is 14.9. The van der Waals surface area contributed by atoms with Crippen molar-refractivity contribution in [3.63, 3.8) is 0 Å². The van der Waals surface area contributed by atoms with E-state index in [0.717, 1.165) is 29.8 Å². The molecular formula is C22H28N2. The third kappa shape index (κ3) is 4.51. The number of nitrogens with two attached hydrogens (primary N) is 1. The Morgan fingerprint density at radius 2 is 1.83 bits per heavy atom. The molecule has 0 aliphatic carbocycles. The minimum atomic E-state index is 0.825. The van der Waals surface area contributed by atoms with Gasteiger partial charge in [-0.3, -0.25) is 0 Å². The summed E-state index contributed by atoms with van der Waals surface area (Å²) in [6.45, 7) is 13.2. The van der Waals surface area contributed by atoms with Crippen molar-refractivity contribution < 1.29 is 0 Å². The Morgan fingerprint density at radius 3 is 2.50 bits per heavy atom. The zero-order valence-corrected chi connectivity index (χ0v) is 15.2. The van der Waals surface area contributed by atoms with Gasteiger partial charge in [0.1, 0.15) is 0 Å². The molecule has 0 heterocycles. The summed E-state index contributed by atoms with van der Waals surface area (Å²) in [6.07, 6.45) is 0.958. The van der Waals surface area contributed by atoms with Crippen LogP contribution in [0.3, 0.4) is 0 Å². The Bertz CT molecular complexity index is 769. The van der Waals surface area contributed by atoms with Gasteiger partial charge in [0.15, 0.2) is 0 Å². The number of anilines is 1. The molecule has 2 aromatic rings. The van der Waals surface area contributed by atoms with Gasteiger partial charge in [0.25, 0.3) is 0 Å². The Kier molecular flexibility index (Phi) is 5.86. The number of aryl methyl sites for hydroxylation is 1. The van der Waals surface area contributed by atoms with Gasteiger partial charge in [-0.25, -0.2) is 0 Å². The van der Waals surface area contributed by atoms with E-state index >= 15 is 0 Å². The van der Waals surface area contributed by atoms with Crippen LogP contribution in [0.25, 0.3) is 11.1 Å². The van der Waals surface area contributed by atoms with Gasteiger partial charge in [-0.1, -0.05) is 48.0 Å². The molecule has 2 heteroatoms. The van der Waals surface area contributed by atoms with E-state index in [1.807, 2.05) is 13.0 Å². The monoisotopic (exact) mass is 320 g/mol. The molecule has 0 unspecified atom stereocenters. The number of hydrogen-bond acceptors (Lipinski definition) is 2. The smallest absolute Gasteiger partial charge is 0.0393 e. The zero-order chi connectivity index (χ0) is 17.7. The van der Waals surface area contributed by atoms with Crippen LogP contribution in [0.15, 0.2) is 65.9 Å². The van der Waals surface area contributed by atoms with Gasteiger partial charge in [0.05, 0.1) is 0 Å². The van der Waals surface area contributed by atoms with Gasteiger partial charge in [-0.05, 0) is 62.9 Å². The maximum Gasteiger partial charge on any atom is 0.0393 e. The quantitative estimate of drug-likeness (QED) is 0.564. The SMILES string of the molecule is C=C(C)/C(C)=C(\C)NCCc1ccc(N)c(-c2cccc(C)c2)c1. The molecule has 0 aromatic heterocycles. The highest BCUT2D eigenvalue weighted by molar-refractivity contribution is 5.77. The third-order valence-electron chi connectivity index (χ3n) is 4.45. The van der Waals surface area contributed by atoms with Crippen LogP contribution in [0.4, 0.5) is 5.69 Å². The van der Waals surface area contributed by atoms with Crippen molar-refractivity contribution in [3.05, 3.63) is 77.0 Å². The van der Waals surface area contributed by atoms with E-state index < -0.39 is 0 Å². The molecular weight excluding hydrogens is 292 g/mol. The van der Waals surface area contributed by atoms with Crippen LogP contribution in [-0.2, 0) is 6.42 Å². The number of benzene rings is 2. The van der Waals surface area contributed by atoms with E-state index in [1.54, 1.807) is 0 Å². The summed E-state index contributed by atoms with van der Waals surface area (Å²) in [7, 11) is 0. The summed E-state index contributed by atoms with van der Waals surface area (Å²) in [5, 5.41) is 3.48. The molecule has 2 aromatic carbocycles. The van der Waals surface area contributed by atoms with Crippen LogP contribution in [0.5, 0.6) is 0 Å². The van der Waals surface area contributed by atoms with E-state index in [4.69, 9.17) is 5.73 Å². The molecule has 0 bridgehead atoms. The van der Waals surface area contributed by atoms with E-state index in [9.17, 15) is 0 Å². The predicted octanol–water partition coefficient (Wildman–Crippen LogP) is 5.25. The van der Waals surface area contributed by atoms with Crippen molar-refractivity contribution in [3.8, 4) is 11.1 Å². The molecule has 0 saturated carbocycles. The van der Waals surface area contributed by atoms with Crippen molar-refractivity contribution in [2.75, 3.05) is 12.3 Å². The van der Waals surface area contributed by atoms with Gasteiger partial charge < -0.3 is 11.1 Å². The average Bonchev–Trinajstić information content (AvgIpc) is 2.55. The van der Waals surface area contributed by atoms with E-state index in [1.165, 1.54) is 28.0 Å². The maximum absolute atomic E-state index is 6.19. The van der Waals surface area contributed by atoms with Gasteiger partial charge in [-0.15, -0.1) is 0 Å². The highest BCUT2D eigenvalue weighted by Crippen LogP contribution is 2.27. The van der Waals surface area contributed by atoms with Crippen LogP contribution < -0.4 is 11.1 Å². The highest BCUT2D eigenvalue weighted by Gasteiger charge is 2.05. The first kappa shape index (κ1) is 17.9. The van der Waals surface area contributed by atoms with E-state index in [0.29, 0.717) is 0 Å². The number of rotatable bonds is 6. The Balaban J connectivity index is 2.12. The molecule has 0 fully saturated rings. The molecule has 2 rings (SSSR count). The molecule has 0 amide bonds. The summed E-state index contributed by atoms with van der Waals surface area (Å²) >= 11 is 0. The summed E-state index contributed by atoms with van der Waals surface area (Å²) in [4.78, 5) is 0. The standard InChI is InChI=1S/C22H28N2/c1-15(2)17(4)18(5)24-12-11-19-9-10-22(23)21(14-19)20-8-6-7-16(3)13-20/h6-10,13-14,24H,1,11-12,23H2,2-5H3/b18-17+. The number of nitrogens with one attached hydrogen (secondary N) is 1. The Labute approximate surface area is 146 Å². The predicted molar refractivity (Wildman–Crippen MR) is 106 cm³/mol. The van der Waals surface area contributed by atoms with Crippen LogP contribution >= 0.6 is 0 Å². The second-order valence-electron chi connectivity index (χ2n) is 6.50. The molecule has 0 saturated heterocycles. The van der Waals surface area contributed by atoms with Crippen LogP contribution in [0.1, 0.15) is 31.9 Å². The lowest BCUT2D eigenvalue weighted by molar-refractivity contribution is 0.779. The lowest BCUT2D eigenvalue weighted by Crippen LogP contribution is -2.16. The van der Waals surface area contributed by atoms with Gasteiger partial charge >= 0.3 is 0 Å². The van der Waals surface area contributed by atoms with Crippen molar-refractivity contribution in [1.29, 1.82) is 0 Å². The molecule has 0 spiro atoms. The minimum Gasteiger partial charge on any atom is -0.398 e. The lowest BCUT2D eigenvalue weighted by atomic mass is 9.98. The topological polar surface area (TPSA) is 38.0 Å². The zero-order valence-electron chi connectivity index (χ0n) is 15.2. The largest absolute Gasteiger partial charge is 0.398 e. The molecule has 126 valence electrons. The van der Waals surface area contributed by atoms with Gasteiger partial charge in [-0.2, -0.15) is 0 Å². The minimum absolute atomic E-state index is 0.825. The number of hydrogen-bond donors (Lipinski definition) is 2. The summed E-state index contributed by atoms with van der Waals surface area (Å²) in [5.41, 5.74) is 15.4. The first-order valence-corrected chi connectivity index (χ1v) is 8.41. The number of allylic oxidation sites excluding steroid dienone is 3. The number of nitrogen functional groups attached to an aromatic ring is 1. The van der Waals surface area contributed by atoms with E-state index in [2.05, 4.69) is 69.1 Å². The fourth-order valence-electron chi connectivity index (χ4n) is 2.67. The van der Waals surface area contributed by atoms with Crippen LogP contribution in [0.2, 0.25) is 0 Å². The van der Waals surface area contributed by atoms with Crippen molar-refractivity contribution in [1.82, 2.24) is 5.32 Å². The molecule has 0 atom stereocenters. The average molecular weight is 320 g/mol.